The van der Waals surface area contributed by atoms with Gasteiger partial charge in [0, 0.05) is 0 Å². The van der Waals surface area contributed by atoms with Crippen LogP contribution < -0.4 is 4.43 Å². The van der Waals surface area contributed by atoms with Gasteiger partial charge in [-0.1, -0.05) is 6.08 Å². The third-order valence-corrected chi connectivity index (χ3v) is 4.58. The molecular weight excluding hydrogens is 275 g/mol. The molecule has 0 radical (unpaired) electrons. The van der Waals surface area contributed by atoms with Crippen LogP contribution in [0.3, 0.4) is 0 Å². The van der Waals surface area contributed by atoms with Crippen molar-refractivity contribution < 1.29 is 8.82 Å². The van der Waals surface area contributed by atoms with Gasteiger partial charge in [-0.05, 0) is 53.3 Å². The van der Waals surface area contributed by atoms with Crippen molar-refractivity contribution in [3.63, 3.8) is 0 Å². The highest BCUT2D eigenvalue weighted by Crippen LogP contribution is 2.28. The van der Waals surface area contributed by atoms with Crippen molar-refractivity contribution in [2.45, 2.75) is 19.1 Å². The molecule has 0 N–H and O–H groups in total. The van der Waals surface area contributed by atoms with Crippen LogP contribution in [0.1, 0.15) is 0 Å². The SMILES string of the molecule is C=CC[Si](C)(C)Oc1ccc(F)cc1Br. The van der Waals surface area contributed by atoms with E-state index in [-0.39, 0.29) is 5.82 Å². The first kappa shape index (κ1) is 12.5. The van der Waals surface area contributed by atoms with E-state index in [1.807, 2.05) is 6.08 Å². The first-order valence-electron chi connectivity index (χ1n) is 4.69. The third-order valence-electron chi connectivity index (χ3n) is 1.92. The zero-order chi connectivity index (χ0) is 11.5. The molecule has 1 aromatic rings. The van der Waals surface area contributed by atoms with Gasteiger partial charge < -0.3 is 4.43 Å². The first-order valence-corrected chi connectivity index (χ1v) is 8.60. The lowest BCUT2D eigenvalue weighted by Crippen LogP contribution is -2.33. The summed E-state index contributed by atoms with van der Waals surface area (Å²) in [5, 5.41) is 0. The van der Waals surface area contributed by atoms with Gasteiger partial charge in [-0.3, -0.25) is 0 Å². The van der Waals surface area contributed by atoms with Crippen molar-refractivity contribution in [2.24, 2.45) is 0 Å². The van der Waals surface area contributed by atoms with Crippen molar-refractivity contribution in [3.05, 3.63) is 41.1 Å². The fraction of sp³-hybridized carbons (Fsp3) is 0.273. The number of allylic oxidation sites excluding steroid dienone is 1. The minimum absolute atomic E-state index is 0.266. The van der Waals surface area contributed by atoms with E-state index in [0.29, 0.717) is 10.2 Å². The van der Waals surface area contributed by atoms with E-state index < -0.39 is 8.32 Å². The molecule has 0 saturated heterocycles. The van der Waals surface area contributed by atoms with Crippen LogP contribution in [0.25, 0.3) is 0 Å². The van der Waals surface area contributed by atoms with Crippen molar-refractivity contribution in [1.82, 2.24) is 0 Å². The average molecular weight is 289 g/mol. The maximum atomic E-state index is 12.8. The Morgan fingerprint density at radius 3 is 2.73 bits per heavy atom. The summed E-state index contributed by atoms with van der Waals surface area (Å²) in [6.45, 7) is 7.91. The van der Waals surface area contributed by atoms with E-state index in [4.69, 9.17) is 4.43 Å². The van der Waals surface area contributed by atoms with Crippen molar-refractivity contribution in [3.8, 4) is 5.75 Å². The smallest absolute Gasteiger partial charge is 0.248 e. The molecule has 0 aliphatic carbocycles. The zero-order valence-electron chi connectivity index (χ0n) is 8.89. The summed E-state index contributed by atoms with van der Waals surface area (Å²) >= 11 is 3.28. The van der Waals surface area contributed by atoms with E-state index in [1.165, 1.54) is 12.1 Å². The molecule has 15 heavy (non-hydrogen) atoms. The third kappa shape index (κ3) is 3.79. The monoisotopic (exact) mass is 288 g/mol. The summed E-state index contributed by atoms with van der Waals surface area (Å²) in [4.78, 5) is 0. The minimum atomic E-state index is -1.76. The van der Waals surface area contributed by atoms with Gasteiger partial charge in [0.1, 0.15) is 11.6 Å². The quantitative estimate of drug-likeness (QED) is 0.591. The lowest BCUT2D eigenvalue weighted by atomic mass is 10.3. The molecule has 0 amide bonds. The maximum absolute atomic E-state index is 12.8. The van der Waals surface area contributed by atoms with E-state index in [2.05, 4.69) is 35.6 Å². The van der Waals surface area contributed by atoms with Crippen molar-refractivity contribution in [1.29, 1.82) is 0 Å². The second-order valence-corrected chi connectivity index (χ2v) is 8.92. The van der Waals surface area contributed by atoms with Gasteiger partial charge in [0.15, 0.2) is 0 Å². The summed E-state index contributed by atoms with van der Waals surface area (Å²) in [7, 11) is -1.76. The van der Waals surface area contributed by atoms with E-state index in [0.717, 1.165) is 6.04 Å². The lowest BCUT2D eigenvalue weighted by molar-refractivity contribution is 0.543. The lowest BCUT2D eigenvalue weighted by Gasteiger charge is -2.23. The summed E-state index contributed by atoms with van der Waals surface area (Å²) in [6, 6.07) is 5.33. The number of hydrogen-bond acceptors (Lipinski definition) is 1. The van der Waals surface area contributed by atoms with Gasteiger partial charge in [-0.15, -0.1) is 6.58 Å². The van der Waals surface area contributed by atoms with Gasteiger partial charge in [0.05, 0.1) is 4.47 Å². The van der Waals surface area contributed by atoms with Crippen LogP contribution in [-0.2, 0) is 0 Å². The Labute approximate surface area is 99.2 Å². The molecule has 0 fully saturated rings. The van der Waals surface area contributed by atoms with Crippen LogP contribution in [-0.4, -0.2) is 8.32 Å². The molecule has 0 spiro atoms. The largest absolute Gasteiger partial charge is 0.543 e. The van der Waals surface area contributed by atoms with Crippen LogP contribution in [0.2, 0.25) is 19.1 Å². The van der Waals surface area contributed by atoms with Crippen LogP contribution in [0.4, 0.5) is 4.39 Å². The van der Waals surface area contributed by atoms with Gasteiger partial charge in [0.2, 0.25) is 8.32 Å². The highest BCUT2D eigenvalue weighted by molar-refractivity contribution is 9.10. The zero-order valence-corrected chi connectivity index (χ0v) is 11.5. The molecule has 4 heteroatoms. The highest BCUT2D eigenvalue weighted by atomic mass is 79.9. The second kappa shape index (κ2) is 4.94. The summed E-state index contributed by atoms with van der Waals surface area (Å²) in [5.41, 5.74) is 0. The summed E-state index contributed by atoms with van der Waals surface area (Å²) < 4.78 is 19.4. The van der Waals surface area contributed by atoms with Gasteiger partial charge in [-0.25, -0.2) is 4.39 Å². The Morgan fingerprint density at radius 1 is 1.53 bits per heavy atom. The standard InChI is InChI=1S/C11H14BrFOSi/c1-4-7-15(2,3)14-11-6-5-9(13)8-10(11)12/h4-6,8H,1,7H2,2-3H3. The topological polar surface area (TPSA) is 9.23 Å². The minimum Gasteiger partial charge on any atom is -0.543 e. The predicted octanol–water partition coefficient (Wildman–Crippen LogP) is 4.36. The van der Waals surface area contributed by atoms with Crippen LogP contribution >= 0.6 is 15.9 Å². The van der Waals surface area contributed by atoms with Crippen LogP contribution in [0.15, 0.2) is 35.3 Å². The van der Waals surface area contributed by atoms with Crippen molar-refractivity contribution in [2.75, 3.05) is 0 Å². The first-order chi connectivity index (χ1) is 6.94. The van der Waals surface area contributed by atoms with Gasteiger partial charge in [0.25, 0.3) is 0 Å². The van der Waals surface area contributed by atoms with Crippen molar-refractivity contribution >= 4 is 24.2 Å². The Kier molecular flexibility index (Phi) is 4.10. The Bertz CT molecular complexity index is 366. The molecule has 1 aromatic carbocycles. The normalized spacial score (nSPS) is 11.2. The molecule has 0 saturated carbocycles. The molecular formula is C11H14BrFOSi. The molecule has 0 aliphatic rings. The molecule has 0 atom stereocenters. The Balaban J connectivity index is 2.84. The average Bonchev–Trinajstić information content (AvgIpc) is 2.09. The fourth-order valence-electron chi connectivity index (χ4n) is 1.24. The number of rotatable bonds is 4. The number of hydrogen-bond donors (Lipinski definition) is 0. The predicted molar refractivity (Wildman–Crippen MR) is 67.2 cm³/mol. The Morgan fingerprint density at radius 2 is 2.20 bits per heavy atom. The highest BCUT2D eigenvalue weighted by Gasteiger charge is 2.23. The number of benzene rings is 1. The molecule has 0 bridgehead atoms. The summed E-state index contributed by atoms with van der Waals surface area (Å²) in [5.74, 6) is 0.437. The van der Waals surface area contributed by atoms with Gasteiger partial charge >= 0.3 is 0 Å². The molecule has 0 heterocycles. The fourth-order valence-corrected chi connectivity index (χ4v) is 3.38. The molecule has 0 unspecified atom stereocenters. The molecule has 0 aliphatic heterocycles. The molecule has 1 rings (SSSR count). The molecule has 82 valence electrons. The van der Waals surface area contributed by atoms with E-state index in [1.54, 1.807) is 6.07 Å². The number of halogens is 2. The maximum Gasteiger partial charge on any atom is 0.248 e. The van der Waals surface area contributed by atoms with E-state index >= 15 is 0 Å². The van der Waals surface area contributed by atoms with Crippen LogP contribution in [0, 0.1) is 5.82 Å². The second-order valence-electron chi connectivity index (χ2n) is 3.93. The Hall–Kier alpha value is -0.613. The molecule has 1 nitrogen and oxygen atoms in total. The van der Waals surface area contributed by atoms with Crippen LogP contribution in [0.5, 0.6) is 5.75 Å². The summed E-state index contributed by atoms with van der Waals surface area (Å²) in [6.07, 6.45) is 1.86. The molecule has 0 aromatic heterocycles. The van der Waals surface area contributed by atoms with E-state index in [9.17, 15) is 4.39 Å². The van der Waals surface area contributed by atoms with Gasteiger partial charge in [-0.2, -0.15) is 0 Å².